The van der Waals surface area contributed by atoms with Gasteiger partial charge in [-0.15, -0.1) is 11.3 Å². The van der Waals surface area contributed by atoms with Crippen molar-refractivity contribution in [2.24, 2.45) is 11.1 Å². The molecule has 6 heteroatoms. The summed E-state index contributed by atoms with van der Waals surface area (Å²) < 4.78 is 0. The minimum absolute atomic E-state index is 0.0157. The van der Waals surface area contributed by atoms with Gasteiger partial charge in [-0.3, -0.25) is 9.59 Å². The quantitative estimate of drug-likeness (QED) is 0.826. The first-order valence-corrected chi connectivity index (χ1v) is 10.9. The van der Waals surface area contributed by atoms with Crippen molar-refractivity contribution in [1.29, 1.82) is 0 Å². The molecule has 2 aromatic rings. The van der Waals surface area contributed by atoms with Crippen molar-refractivity contribution in [3.05, 3.63) is 51.9 Å². The van der Waals surface area contributed by atoms with Crippen LogP contribution in [0.1, 0.15) is 58.0 Å². The van der Waals surface area contributed by atoms with Gasteiger partial charge in [0.25, 0.3) is 11.8 Å². The molecule has 0 radical (unpaired) electrons. The third kappa shape index (κ3) is 3.71. The van der Waals surface area contributed by atoms with Crippen LogP contribution in [0.15, 0.2) is 29.6 Å². The van der Waals surface area contributed by atoms with E-state index >= 15 is 0 Å². The maximum absolute atomic E-state index is 13.0. The van der Waals surface area contributed by atoms with Crippen LogP contribution in [0.3, 0.4) is 0 Å². The van der Waals surface area contributed by atoms with E-state index in [2.05, 4.69) is 18.3 Å². The van der Waals surface area contributed by atoms with Crippen LogP contribution in [0.4, 0.5) is 5.00 Å². The summed E-state index contributed by atoms with van der Waals surface area (Å²) in [6.07, 6.45) is 5.45. The Morgan fingerprint density at radius 2 is 2.00 bits per heavy atom. The highest BCUT2D eigenvalue weighted by Gasteiger charge is 2.36. The van der Waals surface area contributed by atoms with Gasteiger partial charge in [-0.2, -0.15) is 0 Å². The van der Waals surface area contributed by atoms with Gasteiger partial charge in [0.05, 0.1) is 5.56 Å². The molecule has 0 saturated carbocycles. The summed E-state index contributed by atoms with van der Waals surface area (Å²) in [4.78, 5) is 27.6. The lowest BCUT2D eigenvalue weighted by Gasteiger charge is -2.22. The first kappa shape index (κ1) is 19.2. The lowest BCUT2D eigenvalue weighted by molar-refractivity contribution is 0.0778. The average molecular weight is 398 g/mol. The summed E-state index contributed by atoms with van der Waals surface area (Å²) in [7, 11) is 0. The van der Waals surface area contributed by atoms with Crippen LogP contribution < -0.4 is 11.1 Å². The van der Waals surface area contributed by atoms with E-state index in [1.54, 1.807) is 6.07 Å². The van der Waals surface area contributed by atoms with Gasteiger partial charge >= 0.3 is 0 Å². The maximum atomic E-state index is 13.0. The molecular weight excluding hydrogens is 370 g/mol. The Bertz CT molecular complexity index is 907. The van der Waals surface area contributed by atoms with Crippen molar-refractivity contribution in [1.82, 2.24) is 4.90 Å². The van der Waals surface area contributed by atoms with Gasteiger partial charge in [-0.25, -0.2) is 0 Å². The first-order chi connectivity index (χ1) is 13.5. The van der Waals surface area contributed by atoms with Gasteiger partial charge in [0.1, 0.15) is 5.00 Å². The zero-order valence-electron chi connectivity index (χ0n) is 16.3. The second kappa shape index (κ2) is 7.68. The molecule has 1 saturated heterocycles. The smallest absolute Gasteiger partial charge is 0.256 e. The molecule has 148 valence electrons. The number of carbonyl (C=O) groups is 2. The Hall–Kier alpha value is -2.18. The standard InChI is InChI=1S/C22H27N3O2S/c1-22(13-23)9-10-25(14-22)21(27)18-8-11-28-20(18)24-19(26)17-7-6-15-4-2-3-5-16(15)12-17/h6-8,11-12H,2-5,9-10,13-14,23H2,1H3,(H,24,26). The zero-order chi connectivity index (χ0) is 19.7. The van der Waals surface area contributed by atoms with E-state index in [0.717, 1.165) is 19.3 Å². The molecule has 0 spiro atoms. The summed E-state index contributed by atoms with van der Waals surface area (Å²) in [5, 5.41) is 5.43. The van der Waals surface area contributed by atoms with Crippen molar-refractivity contribution in [3.8, 4) is 0 Å². The number of carbonyl (C=O) groups excluding carboxylic acids is 2. The molecule has 3 N–H and O–H groups in total. The molecule has 2 heterocycles. The Morgan fingerprint density at radius 3 is 2.75 bits per heavy atom. The number of hydrogen-bond acceptors (Lipinski definition) is 4. The molecule has 1 unspecified atom stereocenters. The fourth-order valence-electron chi connectivity index (χ4n) is 4.16. The summed E-state index contributed by atoms with van der Waals surface area (Å²) in [5.41, 5.74) is 9.70. The average Bonchev–Trinajstić information content (AvgIpc) is 3.34. The molecule has 2 aliphatic rings. The highest BCUT2D eigenvalue weighted by molar-refractivity contribution is 7.14. The summed E-state index contributed by atoms with van der Waals surface area (Å²) in [6.45, 7) is 4.06. The van der Waals surface area contributed by atoms with Crippen LogP contribution in [0, 0.1) is 5.41 Å². The predicted molar refractivity (Wildman–Crippen MR) is 113 cm³/mol. The molecule has 1 aliphatic carbocycles. The van der Waals surface area contributed by atoms with E-state index in [0.29, 0.717) is 35.8 Å². The first-order valence-electron chi connectivity index (χ1n) is 9.99. The third-order valence-electron chi connectivity index (χ3n) is 6.07. The van der Waals surface area contributed by atoms with Gasteiger partial charge in [-0.05, 0) is 78.8 Å². The fraction of sp³-hybridized carbons (Fsp3) is 0.455. The Kier molecular flexibility index (Phi) is 5.25. The Balaban J connectivity index is 1.49. The van der Waals surface area contributed by atoms with Crippen LogP contribution in [-0.4, -0.2) is 36.3 Å². The Labute approximate surface area is 169 Å². The van der Waals surface area contributed by atoms with Crippen LogP contribution in [-0.2, 0) is 12.8 Å². The van der Waals surface area contributed by atoms with E-state index in [1.807, 2.05) is 22.4 Å². The molecule has 28 heavy (non-hydrogen) atoms. The van der Waals surface area contributed by atoms with Crippen LogP contribution in [0.25, 0.3) is 0 Å². The fourth-order valence-corrected chi connectivity index (χ4v) is 4.93. The molecule has 1 aromatic heterocycles. The van der Waals surface area contributed by atoms with E-state index in [1.165, 1.54) is 35.3 Å². The number of aryl methyl sites for hydroxylation is 2. The number of rotatable bonds is 4. The number of hydrogen-bond donors (Lipinski definition) is 2. The molecule has 1 atom stereocenters. The normalized spacial score (nSPS) is 21.4. The van der Waals surface area contributed by atoms with Crippen LogP contribution in [0.2, 0.25) is 0 Å². The molecule has 1 fully saturated rings. The van der Waals surface area contributed by atoms with Crippen molar-refractivity contribution in [3.63, 3.8) is 0 Å². The molecule has 1 aliphatic heterocycles. The highest BCUT2D eigenvalue weighted by Crippen LogP contribution is 2.32. The molecule has 4 rings (SSSR count). The number of amides is 2. The molecule has 0 bridgehead atoms. The molecular formula is C22H27N3O2S. The van der Waals surface area contributed by atoms with Gasteiger partial charge in [0.2, 0.25) is 0 Å². The number of likely N-dealkylation sites (tertiary alicyclic amines) is 1. The van der Waals surface area contributed by atoms with Gasteiger partial charge in [0.15, 0.2) is 0 Å². The Morgan fingerprint density at radius 1 is 1.21 bits per heavy atom. The number of anilines is 1. The molecule has 5 nitrogen and oxygen atoms in total. The maximum Gasteiger partial charge on any atom is 0.256 e. The van der Waals surface area contributed by atoms with Crippen LogP contribution >= 0.6 is 11.3 Å². The van der Waals surface area contributed by atoms with Crippen molar-refractivity contribution < 1.29 is 9.59 Å². The van der Waals surface area contributed by atoms with Gasteiger partial charge in [0, 0.05) is 18.7 Å². The van der Waals surface area contributed by atoms with Gasteiger partial charge in [-0.1, -0.05) is 13.0 Å². The number of nitrogens with two attached hydrogens (primary N) is 1. The van der Waals surface area contributed by atoms with Gasteiger partial charge < -0.3 is 16.0 Å². The molecule has 2 amide bonds. The number of nitrogens with one attached hydrogen (secondary N) is 1. The zero-order valence-corrected chi connectivity index (χ0v) is 17.1. The second-order valence-electron chi connectivity index (χ2n) is 8.30. The highest BCUT2D eigenvalue weighted by atomic mass is 32.1. The minimum atomic E-state index is -0.155. The van der Waals surface area contributed by atoms with Crippen molar-refractivity contribution in [2.45, 2.75) is 39.0 Å². The largest absolute Gasteiger partial charge is 0.338 e. The number of benzene rings is 1. The monoisotopic (exact) mass is 397 g/mol. The lowest BCUT2D eigenvalue weighted by Crippen LogP contribution is -2.34. The SMILES string of the molecule is CC1(CN)CCN(C(=O)c2ccsc2NC(=O)c2ccc3c(c2)CCCC3)C1. The van der Waals surface area contributed by atoms with Crippen LogP contribution in [0.5, 0.6) is 0 Å². The molecule has 1 aromatic carbocycles. The number of fused-ring (bicyclic) bond motifs is 1. The minimum Gasteiger partial charge on any atom is -0.338 e. The second-order valence-corrected chi connectivity index (χ2v) is 9.22. The lowest BCUT2D eigenvalue weighted by atomic mass is 9.90. The predicted octanol–water partition coefficient (Wildman–Crippen LogP) is 3.69. The van der Waals surface area contributed by atoms with E-state index in [9.17, 15) is 9.59 Å². The topological polar surface area (TPSA) is 75.4 Å². The van der Waals surface area contributed by atoms with Crippen molar-refractivity contribution in [2.75, 3.05) is 25.0 Å². The summed E-state index contributed by atoms with van der Waals surface area (Å²) in [5.74, 6) is -0.183. The van der Waals surface area contributed by atoms with E-state index in [4.69, 9.17) is 5.73 Å². The van der Waals surface area contributed by atoms with E-state index in [-0.39, 0.29) is 17.2 Å². The third-order valence-corrected chi connectivity index (χ3v) is 6.90. The summed E-state index contributed by atoms with van der Waals surface area (Å²) >= 11 is 1.39. The number of thiophene rings is 1. The van der Waals surface area contributed by atoms with Crippen molar-refractivity contribution >= 4 is 28.2 Å². The van der Waals surface area contributed by atoms with E-state index < -0.39 is 0 Å². The number of nitrogens with zero attached hydrogens (tertiary/aromatic N) is 1. The summed E-state index contributed by atoms with van der Waals surface area (Å²) in [6, 6.07) is 7.77.